The van der Waals surface area contributed by atoms with E-state index in [2.05, 4.69) is 42.3 Å². The van der Waals surface area contributed by atoms with Gasteiger partial charge in [-0.3, -0.25) is 4.79 Å². The summed E-state index contributed by atoms with van der Waals surface area (Å²) >= 11 is 0. The predicted octanol–water partition coefficient (Wildman–Crippen LogP) is 4.34. The first-order valence-electron chi connectivity index (χ1n) is 8.92. The maximum absolute atomic E-state index is 12.8. The molecule has 2 bridgehead atoms. The molecule has 4 rings (SSSR count). The zero-order valence-electron chi connectivity index (χ0n) is 14.3. The van der Waals surface area contributed by atoms with E-state index < -0.39 is 0 Å². The summed E-state index contributed by atoms with van der Waals surface area (Å²) in [5, 5.41) is 4.42. The van der Waals surface area contributed by atoms with Crippen molar-refractivity contribution in [2.24, 2.45) is 17.8 Å². The van der Waals surface area contributed by atoms with Crippen LogP contribution in [0.15, 0.2) is 18.2 Å². The van der Waals surface area contributed by atoms with Gasteiger partial charge in [0, 0.05) is 16.9 Å². The van der Waals surface area contributed by atoms with Crippen molar-refractivity contribution in [1.29, 1.82) is 0 Å². The van der Waals surface area contributed by atoms with E-state index >= 15 is 0 Å². The van der Waals surface area contributed by atoms with Gasteiger partial charge in [0.1, 0.15) is 5.69 Å². The molecule has 23 heavy (non-hydrogen) atoms. The van der Waals surface area contributed by atoms with Gasteiger partial charge in [0.2, 0.25) is 0 Å². The Morgan fingerprint density at radius 3 is 2.78 bits per heavy atom. The van der Waals surface area contributed by atoms with Crippen LogP contribution >= 0.6 is 0 Å². The van der Waals surface area contributed by atoms with E-state index in [-0.39, 0.29) is 11.9 Å². The fourth-order valence-electron chi connectivity index (χ4n) is 4.96. The Labute approximate surface area is 137 Å². The van der Waals surface area contributed by atoms with Crippen LogP contribution in [0.4, 0.5) is 0 Å². The quantitative estimate of drug-likeness (QED) is 0.870. The maximum atomic E-state index is 12.8. The lowest BCUT2D eigenvalue weighted by molar-refractivity contribution is 0.0910. The van der Waals surface area contributed by atoms with E-state index in [1.54, 1.807) is 0 Å². The first kappa shape index (κ1) is 14.8. The highest BCUT2D eigenvalue weighted by atomic mass is 16.1. The lowest BCUT2D eigenvalue weighted by Gasteiger charge is -2.28. The summed E-state index contributed by atoms with van der Waals surface area (Å²) in [6, 6.07) is 6.56. The number of aromatic nitrogens is 1. The molecule has 2 aliphatic carbocycles. The maximum Gasteiger partial charge on any atom is 0.268 e. The van der Waals surface area contributed by atoms with Crippen LogP contribution < -0.4 is 5.32 Å². The fourth-order valence-corrected chi connectivity index (χ4v) is 4.96. The van der Waals surface area contributed by atoms with Gasteiger partial charge >= 0.3 is 0 Å². The number of hydrogen-bond acceptors (Lipinski definition) is 1. The molecule has 3 heteroatoms. The van der Waals surface area contributed by atoms with Crippen molar-refractivity contribution in [1.82, 2.24) is 10.3 Å². The third-order valence-electron chi connectivity index (χ3n) is 6.23. The summed E-state index contributed by atoms with van der Waals surface area (Å²) in [7, 11) is 0. The van der Waals surface area contributed by atoms with E-state index in [1.165, 1.54) is 31.2 Å². The van der Waals surface area contributed by atoms with E-state index in [4.69, 9.17) is 0 Å². The zero-order chi connectivity index (χ0) is 16.1. The van der Waals surface area contributed by atoms with Crippen LogP contribution in [0, 0.1) is 31.6 Å². The second-order valence-electron chi connectivity index (χ2n) is 7.77. The van der Waals surface area contributed by atoms with E-state index in [0.717, 1.165) is 34.0 Å². The van der Waals surface area contributed by atoms with Crippen LogP contribution in [-0.2, 0) is 0 Å². The first-order valence-corrected chi connectivity index (χ1v) is 8.92. The number of carbonyl (C=O) groups is 1. The van der Waals surface area contributed by atoms with Gasteiger partial charge in [0.25, 0.3) is 5.91 Å². The number of H-pyrrole nitrogens is 1. The molecule has 1 aromatic heterocycles. The monoisotopic (exact) mass is 310 g/mol. The van der Waals surface area contributed by atoms with Crippen molar-refractivity contribution in [3.05, 3.63) is 35.0 Å². The molecular weight excluding hydrogens is 284 g/mol. The Morgan fingerprint density at radius 1 is 1.26 bits per heavy atom. The van der Waals surface area contributed by atoms with Gasteiger partial charge in [-0.2, -0.15) is 0 Å². The van der Waals surface area contributed by atoms with Crippen LogP contribution in [0.1, 0.15) is 54.2 Å². The highest BCUT2D eigenvalue weighted by molar-refractivity contribution is 6.01. The highest BCUT2D eigenvalue weighted by Gasteiger charge is 2.42. The van der Waals surface area contributed by atoms with Crippen LogP contribution in [0.3, 0.4) is 0 Å². The lowest BCUT2D eigenvalue weighted by Crippen LogP contribution is -2.40. The molecule has 0 radical (unpaired) electrons. The molecule has 2 aromatic rings. The van der Waals surface area contributed by atoms with Crippen LogP contribution in [0.2, 0.25) is 0 Å². The van der Waals surface area contributed by atoms with Crippen molar-refractivity contribution in [3.8, 4) is 0 Å². The third-order valence-corrected chi connectivity index (χ3v) is 6.23. The second-order valence-corrected chi connectivity index (χ2v) is 7.77. The molecule has 3 nitrogen and oxygen atoms in total. The summed E-state index contributed by atoms with van der Waals surface area (Å²) in [4.78, 5) is 16.1. The zero-order valence-corrected chi connectivity index (χ0v) is 14.3. The minimum absolute atomic E-state index is 0.0478. The van der Waals surface area contributed by atoms with Crippen molar-refractivity contribution in [2.45, 2.75) is 52.5 Å². The number of hydrogen-bond donors (Lipinski definition) is 2. The Bertz CT molecular complexity index is 760. The van der Waals surface area contributed by atoms with Gasteiger partial charge in [0.15, 0.2) is 0 Å². The standard InChI is InChI=1S/C20H26N2O/c1-11-4-7-18-16(8-11)12(2)19(22-18)20(23)21-13(3)17-10-14-5-6-15(17)9-14/h4,7-8,13-15,17,22H,5-6,9-10H2,1-3H3,(H,21,23). The van der Waals surface area contributed by atoms with E-state index in [1.807, 2.05) is 6.92 Å². The normalized spacial score (nSPS) is 27.5. The van der Waals surface area contributed by atoms with Crippen molar-refractivity contribution in [3.63, 3.8) is 0 Å². The third kappa shape index (κ3) is 2.46. The Hall–Kier alpha value is -1.77. The van der Waals surface area contributed by atoms with Gasteiger partial charge in [0.05, 0.1) is 0 Å². The predicted molar refractivity (Wildman–Crippen MR) is 93.6 cm³/mol. The molecule has 0 saturated heterocycles. The number of rotatable bonds is 3. The summed E-state index contributed by atoms with van der Waals surface area (Å²) in [6.45, 7) is 6.31. The molecule has 2 fully saturated rings. The first-order chi connectivity index (χ1) is 11.0. The number of nitrogens with one attached hydrogen (secondary N) is 2. The van der Waals surface area contributed by atoms with E-state index in [0.29, 0.717) is 5.92 Å². The van der Waals surface area contributed by atoms with Crippen molar-refractivity contribution in [2.75, 3.05) is 0 Å². The van der Waals surface area contributed by atoms with Crippen molar-refractivity contribution >= 4 is 16.8 Å². The van der Waals surface area contributed by atoms with Crippen LogP contribution in [0.25, 0.3) is 10.9 Å². The molecule has 0 spiro atoms. The van der Waals surface area contributed by atoms with Gasteiger partial charge in [-0.25, -0.2) is 0 Å². The van der Waals surface area contributed by atoms with Crippen LogP contribution in [-0.4, -0.2) is 16.9 Å². The SMILES string of the molecule is Cc1ccc2[nH]c(C(=O)NC(C)C3CC4CCC3C4)c(C)c2c1. The average Bonchev–Trinajstić information content (AvgIpc) is 3.22. The van der Waals surface area contributed by atoms with Gasteiger partial charge in [-0.1, -0.05) is 18.1 Å². The topological polar surface area (TPSA) is 44.9 Å². The number of amides is 1. The Morgan fingerprint density at radius 2 is 2.09 bits per heavy atom. The fraction of sp³-hybridized carbons (Fsp3) is 0.550. The van der Waals surface area contributed by atoms with Gasteiger partial charge < -0.3 is 10.3 Å². The molecule has 0 aliphatic heterocycles. The van der Waals surface area contributed by atoms with Gasteiger partial charge in [-0.05, 0) is 75.5 Å². The van der Waals surface area contributed by atoms with Crippen molar-refractivity contribution < 1.29 is 4.79 Å². The molecular formula is C20H26N2O. The summed E-state index contributed by atoms with van der Waals surface area (Å²) in [5.74, 6) is 2.47. The van der Waals surface area contributed by atoms with Gasteiger partial charge in [-0.15, -0.1) is 0 Å². The number of fused-ring (bicyclic) bond motifs is 3. The Kier molecular flexibility index (Phi) is 3.47. The summed E-state index contributed by atoms with van der Waals surface area (Å²) < 4.78 is 0. The number of benzene rings is 1. The molecule has 1 aromatic carbocycles. The summed E-state index contributed by atoms with van der Waals surface area (Å²) in [6.07, 6.45) is 5.45. The van der Waals surface area contributed by atoms with E-state index in [9.17, 15) is 4.79 Å². The Balaban J connectivity index is 1.54. The number of aryl methyl sites for hydroxylation is 2. The average molecular weight is 310 g/mol. The largest absolute Gasteiger partial charge is 0.350 e. The minimum atomic E-state index is 0.0478. The molecule has 4 atom stereocenters. The lowest BCUT2D eigenvalue weighted by atomic mass is 9.84. The molecule has 1 heterocycles. The molecule has 122 valence electrons. The molecule has 1 amide bonds. The highest BCUT2D eigenvalue weighted by Crippen LogP contribution is 2.49. The summed E-state index contributed by atoms with van der Waals surface area (Å²) in [5.41, 5.74) is 4.05. The number of carbonyl (C=O) groups excluding carboxylic acids is 1. The molecule has 2 N–H and O–H groups in total. The smallest absolute Gasteiger partial charge is 0.268 e. The number of aromatic amines is 1. The second kappa shape index (κ2) is 5.40. The molecule has 4 unspecified atom stereocenters. The minimum Gasteiger partial charge on any atom is -0.350 e. The van der Waals surface area contributed by atoms with Crippen LogP contribution in [0.5, 0.6) is 0 Å². The molecule has 2 saturated carbocycles. The molecule has 2 aliphatic rings.